The molecule has 3 aromatic rings. The van der Waals surface area contributed by atoms with Crippen molar-refractivity contribution in [1.29, 1.82) is 0 Å². The third-order valence-corrected chi connectivity index (χ3v) is 4.95. The second-order valence-corrected chi connectivity index (χ2v) is 6.57. The van der Waals surface area contributed by atoms with E-state index in [1.54, 1.807) is 30.3 Å². The minimum Gasteiger partial charge on any atom is -0.312 e. The van der Waals surface area contributed by atoms with Crippen LogP contribution in [0.4, 0.5) is 18.0 Å². The van der Waals surface area contributed by atoms with Gasteiger partial charge in [0.25, 0.3) is 5.91 Å². The average molecular weight is 384 g/mol. The van der Waals surface area contributed by atoms with Gasteiger partial charge in [0.2, 0.25) is 5.54 Å². The molecule has 1 atom stereocenters. The van der Waals surface area contributed by atoms with E-state index in [0.29, 0.717) is 10.5 Å². The highest BCUT2D eigenvalue weighted by Crippen LogP contribution is 2.43. The van der Waals surface area contributed by atoms with E-state index in [1.807, 2.05) is 23.5 Å². The Kier molecular flexibility index (Phi) is 4.10. The van der Waals surface area contributed by atoms with Gasteiger partial charge in [0.15, 0.2) is 0 Å². The van der Waals surface area contributed by atoms with E-state index < -0.39 is 23.7 Å². The monoisotopic (exact) mass is 384 g/mol. The Morgan fingerprint density at radius 3 is 2.21 bits per heavy atom. The van der Waals surface area contributed by atoms with Crippen molar-refractivity contribution in [2.45, 2.75) is 18.3 Å². The molecule has 7 heteroatoms. The predicted molar refractivity (Wildman–Crippen MR) is 97.2 cm³/mol. The molecule has 4 rings (SSSR count). The minimum atomic E-state index is -4.99. The van der Waals surface area contributed by atoms with Gasteiger partial charge >= 0.3 is 12.2 Å². The molecule has 1 aliphatic rings. The van der Waals surface area contributed by atoms with E-state index in [0.717, 1.165) is 10.8 Å². The van der Waals surface area contributed by atoms with E-state index in [1.165, 1.54) is 24.3 Å². The van der Waals surface area contributed by atoms with Gasteiger partial charge in [0.1, 0.15) is 0 Å². The Hall–Kier alpha value is -3.35. The summed E-state index contributed by atoms with van der Waals surface area (Å²) in [7, 11) is 0. The normalized spacial score (nSPS) is 19.9. The molecule has 3 aromatic carbocycles. The van der Waals surface area contributed by atoms with Gasteiger partial charge in [0.05, 0.1) is 6.54 Å². The van der Waals surface area contributed by atoms with Gasteiger partial charge in [-0.05, 0) is 21.9 Å². The molecule has 3 amide bonds. The third kappa shape index (κ3) is 2.62. The number of benzene rings is 3. The zero-order valence-electron chi connectivity index (χ0n) is 14.5. The van der Waals surface area contributed by atoms with Crippen LogP contribution in [-0.2, 0) is 16.9 Å². The second kappa shape index (κ2) is 6.37. The first-order valence-electron chi connectivity index (χ1n) is 8.57. The maximum atomic E-state index is 14.0. The zero-order chi connectivity index (χ0) is 19.9. The lowest BCUT2D eigenvalue weighted by atomic mass is 9.89. The Bertz CT molecular complexity index is 1060. The van der Waals surface area contributed by atoms with Crippen molar-refractivity contribution in [3.63, 3.8) is 0 Å². The standard InChI is InChI=1S/C21H15F3N2O2/c22-21(23,24)20(16-10-2-1-3-11-16)18(27)26(19(28)25-20)13-15-9-6-8-14-7-4-5-12-17(14)15/h1-12H,13H2,(H,25,28). The Morgan fingerprint density at radius 1 is 0.857 bits per heavy atom. The average Bonchev–Trinajstić information content (AvgIpc) is 2.94. The molecule has 4 nitrogen and oxygen atoms in total. The molecule has 0 spiro atoms. The van der Waals surface area contributed by atoms with Gasteiger partial charge in [-0.15, -0.1) is 0 Å². The second-order valence-electron chi connectivity index (χ2n) is 6.57. The number of halogens is 3. The van der Waals surface area contributed by atoms with E-state index >= 15 is 0 Å². The highest BCUT2D eigenvalue weighted by Gasteiger charge is 2.68. The van der Waals surface area contributed by atoms with Gasteiger partial charge in [-0.3, -0.25) is 9.69 Å². The highest BCUT2D eigenvalue weighted by atomic mass is 19.4. The molecule has 0 saturated carbocycles. The first kappa shape index (κ1) is 18.0. The van der Waals surface area contributed by atoms with E-state index in [4.69, 9.17) is 0 Å². The summed E-state index contributed by atoms with van der Waals surface area (Å²) >= 11 is 0. The number of urea groups is 1. The summed E-state index contributed by atoms with van der Waals surface area (Å²) in [5.41, 5.74) is -2.82. The van der Waals surface area contributed by atoms with Gasteiger partial charge < -0.3 is 5.32 Å². The smallest absolute Gasteiger partial charge is 0.312 e. The lowest BCUT2D eigenvalue weighted by Gasteiger charge is -2.29. The lowest BCUT2D eigenvalue weighted by Crippen LogP contribution is -2.55. The number of rotatable bonds is 3. The molecule has 0 aromatic heterocycles. The van der Waals surface area contributed by atoms with E-state index in [9.17, 15) is 22.8 Å². The fraction of sp³-hybridized carbons (Fsp3) is 0.143. The van der Waals surface area contributed by atoms with Crippen molar-refractivity contribution < 1.29 is 22.8 Å². The number of carbonyl (C=O) groups excluding carboxylic acids is 2. The fourth-order valence-electron chi connectivity index (χ4n) is 3.56. The van der Waals surface area contributed by atoms with Crippen LogP contribution in [-0.4, -0.2) is 23.0 Å². The summed E-state index contributed by atoms with van der Waals surface area (Å²) in [6.07, 6.45) is -4.99. The zero-order valence-corrected chi connectivity index (χ0v) is 14.5. The Labute approximate surface area is 158 Å². The molecular formula is C21H15F3N2O2. The number of hydrogen-bond acceptors (Lipinski definition) is 2. The largest absolute Gasteiger partial charge is 0.425 e. The van der Waals surface area contributed by atoms with Gasteiger partial charge in [0, 0.05) is 0 Å². The number of nitrogens with one attached hydrogen (secondary N) is 1. The van der Waals surface area contributed by atoms with E-state index in [-0.39, 0.29) is 12.1 Å². The molecule has 0 radical (unpaired) electrons. The number of alkyl halides is 3. The Balaban J connectivity index is 1.78. The maximum absolute atomic E-state index is 14.0. The van der Waals surface area contributed by atoms with Gasteiger partial charge in [-0.2, -0.15) is 13.2 Å². The molecule has 28 heavy (non-hydrogen) atoms. The van der Waals surface area contributed by atoms with Gasteiger partial charge in [-0.1, -0.05) is 72.8 Å². The van der Waals surface area contributed by atoms with Gasteiger partial charge in [-0.25, -0.2) is 4.79 Å². The maximum Gasteiger partial charge on any atom is 0.425 e. The predicted octanol–water partition coefficient (Wildman–Crippen LogP) is 4.35. The fourth-order valence-corrected chi connectivity index (χ4v) is 3.56. The quantitative estimate of drug-likeness (QED) is 0.683. The SMILES string of the molecule is O=C1NC(c2ccccc2)(C(F)(F)F)C(=O)N1Cc1cccc2ccccc12. The van der Waals surface area contributed by atoms with Crippen LogP contribution in [0.5, 0.6) is 0 Å². The molecule has 142 valence electrons. The van der Waals surface area contributed by atoms with Crippen molar-refractivity contribution in [2.75, 3.05) is 0 Å². The van der Waals surface area contributed by atoms with Crippen molar-refractivity contribution >= 4 is 22.7 Å². The molecular weight excluding hydrogens is 369 g/mol. The van der Waals surface area contributed by atoms with Crippen LogP contribution in [0.25, 0.3) is 10.8 Å². The highest BCUT2D eigenvalue weighted by molar-refractivity contribution is 6.08. The number of imide groups is 1. The summed E-state index contributed by atoms with van der Waals surface area (Å²) < 4.78 is 42.1. The van der Waals surface area contributed by atoms with Crippen molar-refractivity contribution in [1.82, 2.24) is 10.2 Å². The summed E-state index contributed by atoms with van der Waals surface area (Å²) in [4.78, 5) is 26.0. The molecule has 0 bridgehead atoms. The molecule has 0 aliphatic carbocycles. The molecule has 1 unspecified atom stereocenters. The molecule has 1 saturated heterocycles. The third-order valence-electron chi connectivity index (χ3n) is 4.95. The van der Waals surface area contributed by atoms with Crippen LogP contribution in [0.2, 0.25) is 0 Å². The van der Waals surface area contributed by atoms with E-state index in [2.05, 4.69) is 0 Å². The summed E-state index contributed by atoms with van der Waals surface area (Å²) in [6, 6.07) is 18.2. The molecule has 1 aliphatic heterocycles. The summed E-state index contributed by atoms with van der Waals surface area (Å²) in [5.74, 6) is -1.33. The summed E-state index contributed by atoms with van der Waals surface area (Å²) in [5, 5.41) is 3.55. The van der Waals surface area contributed by atoms with Crippen LogP contribution in [0.3, 0.4) is 0 Å². The number of amides is 3. The first-order chi connectivity index (χ1) is 13.3. The van der Waals surface area contributed by atoms with Crippen molar-refractivity contribution in [3.05, 3.63) is 83.9 Å². The Morgan fingerprint density at radius 2 is 1.50 bits per heavy atom. The number of carbonyl (C=O) groups is 2. The summed E-state index contributed by atoms with van der Waals surface area (Å²) in [6.45, 7) is -0.253. The number of nitrogens with zero attached hydrogens (tertiary/aromatic N) is 1. The molecule has 1 fully saturated rings. The van der Waals surface area contributed by atoms with Crippen LogP contribution in [0.15, 0.2) is 72.8 Å². The lowest BCUT2D eigenvalue weighted by molar-refractivity contribution is -0.198. The topological polar surface area (TPSA) is 49.4 Å². The van der Waals surface area contributed by atoms with Crippen molar-refractivity contribution in [3.8, 4) is 0 Å². The van der Waals surface area contributed by atoms with Crippen LogP contribution in [0.1, 0.15) is 11.1 Å². The number of fused-ring (bicyclic) bond motifs is 1. The van der Waals surface area contributed by atoms with Crippen LogP contribution >= 0.6 is 0 Å². The molecule has 1 heterocycles. The van der Waals surface area contributed by atoms with Crippen molar-refractivity contribution in [2.24, 2.45) is 0 Å². The van der Waals surface area contributed by atoms with Crippen LogP contribution in [0, 0.1) is 0 Å². The van der Waals surface area contributed by atoms with Crippen LogP contribution < -0.4 is 5.32 Å². The first-order valence-corrected chi connectivity index (χ1v) is 8.57. The number of hydrogen-bond donors (Lipinski definition) is 1. The minimum absolute atomic E-state index is 0.253. The molecule has 1 N–H and O–H groups in total.